The van der Waals surface area contributed by atoms with Gasteiger partial charge in [0.05, 0.1) is 26.5 Å². The molecule has 7 rings (SSSR count). The summed E-state index contributed by atoms with van der Waals surface area (Å²) >= 11 is 6.16. The minimum atomic E-state index is -1.68. The van der Waals surface area contributed by atoms with Crippen molar-refractivity contribution in [1.82, 2.24) is 5.01 Å². The van der Waals surface area contributed by atoms with Gasteiger partial charge in [0.1, 0.15) is 11.5 Å². The van der Waals surface area contributed by atoms with E-state index in [0.29, 0.717) is 38.8 Å². The number of fused-ring (bicyclic) bond motifs is 5. The molecule has 4 aromatic rings. The first kappa shape index (κ1) is 26.2. The Morgan fingerprint density at radius 1 is 0.833 bits per heavy atom. The third-order valence-electron chi connectivity index (χ3n) is 8.74. The highest BCUT2D eigenvalue weighted by Crippen LogP contribution is 2.65. The molecule has 8 heteroatoms. The Kier molecular flexibility index (Phi) is 6.02. The summed E-state index contributed by atoms with van der Waals surface area (Å²) in [6.07, 6.45) is 1.69. The van der Waals surface area contributed by atoms with Crippen LogP contribution in [0.5, 0.6) is 11.5 Å². The van der Waals surface area contributed by atoms with E-state index in [1.165, 1.54) is 14.2 Å². The number of nitrogens with zero attached hydrogens (tertiary/aromatic N) is 2. The molecular weight excluding hydrogens is 552 g/mol. The lowest BCUT2D eigenvalue weighted by molar-refractivity contribution is 0.0586. The van der Waals surface area contributed by atoms with Gasteiger partial charge in [-0.15, -0.1) is 0 Å². The second kappa shape index (κ2) is 9.67. The number of hydrogen-bond donors (Lipinski definition) is 0. The highest BCUT2D eigenvalue weighted by atomic mass is 35.5. The molecule has 1 fully saturated rings. The molecule has 1 aliphatic carbocycles. The van der Waals surface area contributed by atoms with Crippen LogP contribution in [0.1, 0.15) is 59.7 Å². The molecule has 0 N–H and O–H groups in total. The van der Waals surface area contributed by atoms with Gasteiger partial charge >= 0.3 is 0 Å². The maximum absolute atomic E-state index is 14.8. The molecule has 4 aromatic carbocycles. The van der Waals surface area contributed by atoms with Gasteiger partial charge in [-0.25, -0.2) is 0 Å². The van der Waals surface area contributed by atoms with Crippen molar-refractivity contribution in [2.75, 3.05) is 14.2 Å². The van der Waals surface area contributed by atoms with Crippen molar-refractivity contribution in [3.63, 3.8) is 0 Å². The number of Topliss-reactive ketones (excluding diaryl/α,β-unsaturated/α-hetero) is 3. The van der Waals surface area contributed by atoms with Gasteiger partial charge in [-0.1, -0.05) is 66.2 Å². The number of methoxy groups -OCH3 is 2. The van der Waals surface area contributed by atoms with Gasteiger partial charge in [0, 0.05) is 27.6 Å². The van der Waals surface area contributed by atoms with Crippen molar-refractivity contribution in [1.29, 1.82) is 0 Å². The molecule has 0 amide bonds. The Labute approximate surface area is 247 Å². The Balaban J connectivity index is 1.55. The monoisotopic (exact) mass is 576 g/mol. The van der Waals surface area contributed by atoms with E-state index in [9.17, 15) is 14.4 Å². The Morgan fingerprint density at radius 3 is 2.14 bits per heavy atom. The minimum Gasteiger partial charge on any atom is -0.493 e. The number of hydrazone groups is 1. The quantitative estimate of drug-likeness (QED) is 0.209. The maximum Gasteiger partial charge on any atom is 0.187 e. The summed E-state index contributed by atoms with van der Waals surface area (Å²) in [5, 5.41) is 6.94. The maximum atomic E-state index is 14.8. The average Bonchev–Trinajstić information content (AvgIpc) is 3.46. The van der Waals surface area contributed by atoms with Gasteiger partial charge in [0.25, 0.3) is 0 Å². The molecule has 0 saturated carbocycles. The van der Waals surface area contributed by atoms with E-state index in [2.05, 4.69) is 0 Å². The summed E-state index contributed by atoms with van der Waals surface area (Å²) in [7, 11) is 3.06. The molecule has 0 unspecified atom stereocenters. The van der Waals surface area contributed by atoms with Crippen LogP contribution in [0.4, 0.5) is 0 Å². The first-order valence-electron chi connectivity index (χ1n) is 13.5. The van der Waals surface area contributed by atoms with Crippen LogP contribution in [0.15, 0.2) is 96.1 Å². The topological polar surface area (TPSA) is 85.3 Å². The molecule has 2 aliphatic heterocycles. The fraction of sp³-hybridized carbons (Fsp3) is 0.176. The second-order valence-corrected chi connectivity index (χ2v) is 11.1. The molecule has 208 valence electrons. The van der Waals surface area contributed by atoms with Crippen LogP contribution < -0.4 is 9.47 Å². The molecule has 3 aliphatic rings. The molecular formula is C34H25ClN2O5. The molecule has 2 heterocycles. The van der Waals surface area contributed by atoms with E-state index in [-0.39, 0.29) is 17.3 Å². The lowest BCUT2D eigenvalue weighted by Crippen LogP contribution is -2.43. The smallest absolute Gasteiger partial charge is 0.187 e. The average molecular weight is 577 g/mol. The number of ether oxygens (including phenoxy) is 2. The second-order valence-electron chi connectivity index (χ2n) is 10.6. The molecule has 1 spiro atoms. The SMILES string of the molecule is COc1ccc([C@@H]2[C@H](C(=O)c3ccc(Cl)cc3)N3N=Cc4ccccc4[C@@H]3C23C(=O)c2ccccc2C3=O)cc1OC. The first-order valence-corrected chi connectivity index (χ1v) is 13.9. The van der Waals surface area contributed by atoms with Crippen LogP contribution in [0, 0.1) is 5.41 Å². The van der Waals surface area contributed by atoms with E-state index >= 15 is 0 Å². The van der Waals surface area contributed by atoms with Crippen molar-refractivity contribution < 1.29 is 23.9 Å². The zero-order valence-corrected chi connectivity index (χ0v) is 23.5. The van der Waals surface area contributed by atoms with Gasteiger partial charge in [-0.05, 0) is 53.1 Å². The number of rotatable bonds is 5. The van der Waals surface area contributed by atoms with E-state index in [1.807, 2.05) is 24.3 Å². The van der Waals surface area contributed by atoms with E-state index in [0.717, 1.165) is 11.1 Å². The van der Waals surface area contributed by atoms with E-state index in [1.54, 1.807) is 78.0 Å². The van der Waals surface area contributed by atoms with Gasteiger partial charge in [0.15, 0.2) is 28.8 Å². The minimum absolute atomic E-state index is 0.276. The molecule has 1 saturated heterocycles. The van der Waals surface area contributed by atoms with Gasteiger partial charge in [0.2, 0.25) is 0 Å². The number of halogens is 1. The highest BCUT2D eigenvalue weighted by molar-refractivity contribution is 6.32. The summed E-state index contributed by atoms with van der Waals surface area (Å²) in [5.74, 6) is -0.927. The number of carbonyl (C=O) groups excluding carboxylic acids is 3. The predicted molar refractivity (Wildman–Crippen MR) is 158 cm³/mol. The molecule has 3 atom stereocenters. The fourth-order valence-electron chi connectivity index (χ4n) is 6.98. The largest absolute Gasteiger partial charge is 0.493 e. The van der Waals surface area contributed by atoms with Crippen molar-refractivity contribution in [2.24, 2.45) is 10.5 Å². The fourth-order valence-corrected chi connectivity index (χ4v) is 7.11. The first-order chi connectivity index (χ1) is 20.4. The summed E-state index contributed by atoms with van der Waals surface area (Å²) in [5.41, 5.74) is 1.56. The van der Waals surface area contributed by atoms with Crippen LogP contribution in [0.25, 0.3) is 0 Å². The molecule has 42 heavy (non-hydrogen) atoms. The zero-order valence-electron chi connectivity index (χ0n) is 22.8. The van der Waals surface area contributed by atoms with E-state index in [4.69, 9.17) is 26.2 Å². The number of hydrogen-bond acceptors (Lipinski definition) is 7. The summed E-state index contributed by atoms with van der Waals surface area (Å²) < 4.78 is 11.1. The third kappa shape index (κ3) is 3.46. The van der Waals surface area contributed by atoms with Crippen LogP contribution in [-0.4, -0.2) is 48.8 Å². The van der Waals surface area contributed by atoms with Crippen LogP contribution >= 0.6 is 11.6 Å². The van der Waals surface area contributed by atoms with Crippen molar-refractivity contribution >= 4 is 35.2 Å². The Bertz CT molecular complexity index is 1780. The normalized spacial score (nSPS) is 21.2. The molecule has 7 nitrogen and oxygen atoms in total. The molecule has 0 bridgehead atoms. The van der Waals surface area contributed by atoms with Crippen LogP contribution in [-0.2, 0) is 0 Å². The van der Waals surface area contributed by atoms with Crippen LogP contribution in [0.2, 0.25) is 5.02 Å². The number of ketones is 3. The zero-order chi connectivity index (χ0) is 29.2. The number of carbonyl (C=O) groups is 3. The summed E-state index contributed by atoms with van der Waals surface area (Å²) in [6.45, 7) is 0. The Hall–Kier alpha value is -4.75. The van der Waals surface area contributed by atoms with Crippen molar-refractivity contribution in [2.45, 2.75) is 18.0 Å². The van der Waals surface area contributed by atoms with Crippen LogP contribution in [0.3, 0.4) is 0 Å². The van der Waals surface area contributed by atoms with Crippen molar-refractivity contribution in [3.05, 3.63) is 129 Å². The van der Waals surface area contributed by atoms with E-state index < -0.39 is 23.4 Å². The van der Waals surface area contributed by atoms with Gasteiger partial charge in [-0.2, -0.15) is 5.10 Å². The van der Waals surface area contributed by atoms with Gasteiger partial charge < -0.3 is 9.47 Å². The standard InChI is InChI=1S/C34H25ClN2O5/c1-41-26-16-13-20(17-27(26)42-2)28-29(30(38)19-11-14-22(35)15-12-19)37-31(23-8-4-3-7-21(23)18-36-37)34(28)32(39)24-9-5-6-10-25(24)33(34)40/h3-18,28-29,31H,1-2H3/t28-,29-,31-/m1/s1. The summed E-state index contributed by atoms with van der Waals surface area (Å²) in [6, 6.07) is 24.5. The van der Waals surface area contributed by atoms with Crippen molar-refractivity contribution in [3.8, 4) is 11.5 Å². The number of benzene rings is 4. The predicted octanol–water partition coefficient (Wildman–Crippen LogP) is 6.16. The molecule has 0 radical (unpaired) electrons. The Morgan fingerprint density at radius 2 is 1.48 bits per heavy atom. The molecule has 0 aromatic heterocycles. The van der Waals surface area contributed by atoms with Gasteiger partial charge in [-0.3, -0.25) is 19.4 Å². The lowest BCUT2D eigenvalue weighted by atomic mass is 9.63. The highest BCUT2D eigenvalue weighted by Gasteiger charge is 2.72. The summed E-state index contributed by atoms with van der Waals surface area (Å²) in [4.78, 5) is 44.2. The lowest BCUT2D eigenvalue weighted by Gasteiger charge is -2.36. The third-order valence-corrected chi connectivity index (χ3v) is 8.99.